The molecule has 2 aromatic heterocycles. The minimum absolute atomic E-state index is 0.0615. The van der Waals surface area contributed by atoms with Gasteiger partial charge in [0.2, 0.25) is 5.91 Å². The summed E-state index contributed by atoms with van der Waals surface area (Å²) in [4.78, 5) is 46.1. The van der Waals surface area contributed by atoms with E-state index in [1.807, 2.05) is 26.0 Å². The van der Waals surface area contributed by atoms with E-state index in [4.69, 9.17) is 4.74 Å². The molecule has 7 heteroatoms. The van der Waals surface area contributed by atoms with Gasteiger partial charge in [0.25, 0.3) is 0 Å². The summed E-state index contributed by atoms with van der Waals surface area (Å²) in [6.45, 7) is 7.63. The normalized spacial score (nSPS) is 10.8. The third-order valence-electron chi connectivity index (χ3n) is 4.50. The first-order chi connectivity index (χ1) is 13.2. The maximum atomic E-state index is 13.0. The highest BCUT2D eigenvalue weighted by Crippen LogP contribution is 2.20. The number of aromatic nitrogens is 2. The molecule has 0 atom stereocenters. The number of esters is 1. The van der Waals surface area contributed by atoms with Gasteiger partial charge in [-0.1, -0.05) is 13.8 Å². The number of methoxy groups -OCH3 is 1. The van der Waals surface area contributed by atoms with E-state index in [9.17, 15) is 14.4 Å². The van der Waals surface area contributed by atoms with Crippen LogP contribution in [0, 0.1) is 19.8 Å². The predicted octanol–water partition coefficient (Wildman–Crippen LogP) is 3.07. The zero-order valence-electron chi connectivity index (χ0n) is 17.0. The molecule has 0 bridgehead atoms. The van der Waals surface area contributed by atoms with Crippen molar-refractivity contribution in [3.05, 3.63) is 52.6 Å². The fraction of sp³-hybridized carbons (Fsp3) is 0.429. The largest absolute Gasteiger partial charge is 0.464 e. The number of Topliss-reactive ketones (excluding diaryl/α,β-unsaturated/α-hetero) is 1. The van der Waals surface area contributed by atoms with E-state index >= 15 is 0 Å². The molecule has 2 rings (SSSR count). The molecule has 0 fully saturated rings. The summed E-state index contributed by atoms with van der Waals surface area (Å²) in [6, 6.07) is 3.64. The number of aryl methyl sites for hydroxylation is 1. The summed E-state index contributed by atoms with van der Waals surface area (Å²) in [5, 5.41) is 0. The van der Waals surface area contributed by atoms with Gasteiger partial charge in [-0.05, 0) is 43.0 Å². The number of amides is 1. The Morgan fingerprint density at radius 2 is 1.82 bits per heavy atom. The van der Waals surface area contributed by atoms with Crippen LogP contribution in [0.25, 0.3) is 0 Å². The molecule has 2 aromatic rings. The van der Waals surface area contributed by atoms with Gasteiger partial charge in [0.15, 0.2) is 5.78 Å². The van der Waals surface area contributed by atoms with Crippen LogP contribution in [0.5, 0.6) is 0 Å². The highest BCUT2D eigenvalue weighted by molar-refractivity contribution is 6.04. The molecule has 0 spiro atoms. The van der Waals surface area contributed by atoms with Crippen molar-refractivity contribution in [2.24, 2.45) is 5.92 Å². The highest BCUT2D eigenvalue weighted by Gasteiger charge is 2.25. The first kappa shape index (κ1) is 21.3. The Morgan fingerprint density at radius 1 is 1.18 bits per heavy atom. The lowest BCUT2D eigenvalue weighted by atomic mass is 10.0. The van der Waals surface area contributed by atoms with Crippen LogP contribution >= 0.6 is 0 Å². The van der Waals surface area contributed by atoms with Gasteiger partial charge < -0.3 is 14.6 Å². The SMILES string of the molecule is COC(=O)c1[nH]c(C)c(C(=O)CN(Cc2ccncc2)C(=O)CC(C)C)c1C. The minimum Gasteiger partial charge on any atom is -0.464 e. The standard InChI is InChI=1S/C21H27N3O4/c1-13(2)10-18(26)24(11-16-6-8-22-9-7-16)12-17(25)19-14(3)20(21(27)28-5)23-15(19)4/h6-9,13,23H,10-12H2,1-5H3. The number of pyridine rings is 1. The van der Waals surface area contributed by atoms with E-state index in [0.29, 0.717) is 29.8 Å². The molecule has 0 saturated carbocycles. The fourth-order valence-electron chi connectivity index (χ4n) is 3.15. The number of rotatable bonds is 8. The second-order valence-electron chi connectivity index (χ2n) is 7.24. The number of nitrogens with zero attached hydrogens (tertiary/aromatic N) is 2. The minimum atomic E-state index is -0.524. The van der Waals surface area contributed by atoms with Crippen LogP contribution in [-0.4, -0.2) is 46.2 Å². The first-order valence-corrected chi connectivity index (χ1v) is 9.21. The van der Waals surface area contributed by atoms with Crippen LogP contribution in [0.3, 0.4) is 0 Å². The summed E-state index contributed by atoms with van der Waals surface area (Å²) >= 11 is 0. The van der Waals surface area contributed by atoms with Crippen LogP contribution in [0.15, 0.2) is 24.5 Å². The molecule has 0 radical (unpaired) electrons. The molecule has 7 nitrogen and oxygen atoms in total. The van der Waals surface area contributed by atoms with Crippen molar-refractivity contribution in [2.45, 2.75) is 40.7 Å². The third-order valence-corrected chi connectivity index (χ3v) is 4.50. The monoisotopic (exact) mass is 385 g/mol. The summed E-state index contributed by atoms with van der Waals surface area (Å²) in [6.07, 6.45) is 3.67. The van der Waals surface area contributed by atoms with Gasteiger partial charge in [0.1, 0.15) is 5.69 Å². The summed E-state index contributed by atoms with van der Waals surface area (Å²) in [5.41, 5.74) is 2.71. The van der Waals surface area contributed by atoms with Gasteiger partial charge in [0, 0.05) is 36.6 Å². The van der Waals surface area contributed by atoms with Crippen LogP contribution < -0.4 is 0 Å². The molecule has 150 valence electrons. The van der Waals surface area contributed by atoms with Gasteiger partial charge in [0.05, 0.1) is 13.7 Å². The lowest BCUT2D eigenvalue weighted by molar-refractivity contribution is -0.132. The maximum Gasteiger partial charge on any atom is 0.354 e. The van der Waals surface area contributed by atoms with E-state index in [-0.39, 0.29) is 29.8 Å². The number of hydrogen-bond acceptors (Lipinski definition) is 5. The second-order valence-corrected chi connectivity index (χ2v) is 7.24. The topological polar surface area (TPSA) is 92.4 Å². The molecular weight excluding hydrogens is 358 g/mol. The molecule has 0 aliphatic carbocycles. The quantitative estimate of drug-likeness (QED) is 0.557. The lowest BCUT2D eigenvalue weighted by Crippen LogP contribution is -2.36. The number of aromatic amines is 1. The molecule has 0 aromatic carbocycles. The van der Waals surface area contributed by atoms with Crippen molar-refractivity contribution < 1.29 is 19.1 Å². The average Bonchev–Trinajstić information content (AvgIpc) is 2.95. The van der Waals surface area contributed by atoms with Crippen molar-refractivity contribution >= 4 is 17.7 Å². The Morgan fingerprint density at radius 3 is 2.39 bits per heavy atom. The zero-order chi connectivity index (χ0) is 20.8. The fourth-order valence-corrected chi connectivity index (χ4v) is 3.15. The Labute approximate surface area is 165 Å². The van der Waals surface area contributed by atoms with Crippen LogP contribution in [0.2, 0.25) is 0 Å². The molecule has 28 heavy (non-hydrogen) atoms. The van der Waals surface area contributed by atoms with Crippen molar-refractivity contribution in [1.82, 2.24) is 14.9 Å². The van der Waals surface area contributed by atoms with Crippen molar-refractivity contribution in [2.75, 3.05) is 13.7 Å². The van der Waals surface area contributed by atoms with Crippen molar-refractivity contribution in [3.8, 4) is 0 Å². The van der Waals surface area contributed by atoms with Gasteiger partial charge in [-0.25, -0.2) is 4.79 Å². The number of nitrogens with one attached hydrogen (secondary N) is 1. The van der Waals surface area contributed by atoms with Gasteiger partial charge in [-0.15, -0.1) is 0 Å². The third kappa shape index (κ3) is 5.06. The summed E-state index contributed by atoms with van der Waals surface area (Å²) in [7, 11) is 1.29. The highest BCUT2D eigenvalue weighted by atomic mass is 16.5. The van der Waals surface area contributed by atoms with Crippen LogP contribution in [-0.2, 0) is 16.1 Å². The maximum absolute atomic E-state index is 13.0. The van der Waals surface area contributed by atoms with Crippen LogP contribution in [0.4, 0.5) is 0 Å². The summed E-state index contributed by atoms with van der Waals surface area (Å²) in [5.74, 6) is -0.639. The molecule has 0 unspecified atom stereocenters. The Balaban J connectivity index is 2.28. The molecule has 2 heterocycles. The van der Waals surface area contributed by atoms with E-state index in [1.165, 1.54) is 7.11 Å². The molecule has 0 saturated heterocycles. The van der Waals surface area contributed by atoms with E-state index < -0.39 is 5.97 Å². The number of ether oxygens (including phenoxy) is 1. The Hall–Kier alpha value is -2.96. The van der Waals surface area contributed by atoms with Gasteiger partial charge in [-0.3, -0.25) is 14.6 Å². The number of carbonyl (C=O) groups is 3. The van der Waals surface area contributed by atoms with Gasteiger partial charge in [-0.2, -0.15) is 0 Å². The second kappa shape index (κ2) is 9.30. The van der Waals surface area contributed by atoms with E-state index in [1.54, 1.807) is 31.1 Å². The molecule has 1 N–H and O–H groups in total. The molecule has 0 aliphatic rings. The predicted molar refractivity (Wildman–Crippen MR) is 105 cm³/mol. The number of carbonyl (C=O) groups excluding carboxylic acids is 3. The number of H-pyrrole nitrogens is 1. The zero-order valence-corrected chi connectivity index (χ0v) is 17.0. The van der Waals surface area contributed by atoms with Gasteiger partial charge >= 0.3 is 5.97 Å². The Kier molecular flexibility index (Phi) is 7.09. The smallest absolute Gasteiger partial charge is 0.354 e. The van der Waals surface area contributed by atoms with Crippen LogP contribution in [0.1, 0.15) is 57.9 Å². The number of hydrogen-bond donors (Lipinski definition) is 1. The average molecular weight is 385 g/mol. The Bertz CT molecular complexity index is 856. The summed E-state index contributed by atoms with van der Waals surface area (Å²) < 4.78 is 4.76. The van der Waals surface area contributed by atoms with E-state index in [2.05, 4.69) is 9.97 Å². The molecule has 1 amide bonds. The molecular formula is C21H27N3O4. The molecule has 0 aliphatic heterocycles. The van der Waals surface area contributed by atoms with Crippen molar-refractivity contribution in [1.29, 1.82) is 0 Å². The number of ketones is 1. The lowest BCUT2D eigenvalue weighted by Gasteiger charge is -2.23. The first-order valence-electron chi connectivity index (χ1n) is 9.21. The van der Waals surface area contributed by atoms with Crippen molar-refractivity contribution in [3.63, 3.8) is 0 Å². The van der Waals surface area contributed by atoms with E-state index in [0.717, 1.165) is 5.56 Å².